The summed E-state index contributed by atoms with van der Waals surface area (Å²) in [7, 11) is 5.57. The first-order valence-corrected chi connectivity index (χ1v) is 10.6. The number of likely N-dealkylation sites (N-methyl/N-ethyl adjacent to an activating group) is 1. The molecule has 0 bridgehead atoms. The van der Waals surface area contributed by atoms with E-state index in [-0.39, 0.29) is 11.9 Å². The van der Waals surface area contributed by atoms with Crippen molar-refractivity contribution in [2.75, 3.05) is 53.9 Å². The van der Waals surface area contributed by atoms with E-state index in [1.54, 1.807) is 4.90 Å². The topological polar surface area (TPSA) is 51.2 Å². The summed E-state index contributed by atoms with van der Waals surface area (Å²) in [4.78, 5) is 23.2. The number of amides is 1. The molecule has 1 aromatic rings. The van der Waals surface area contributed by atoms with Gasteiger partial charge in [0.2, 0.25) is 5.91 Å². The molecule has 0 radical (unpaired) electrons. The van der Waals surface area contributed by atoms with E-state index in [4.69, 9.17) is 0 Å². The average Bonchev–Trinajstić information content (AvgIpc) is 3.38. The third kappa shape index (κ3) is 5.04. The first-order valence-electron chi connectivity index (χ1n) is 10.6. The number of aliphatic imine (C=N–C) groups is 1. The first kappa shape index (κ1) is 20.6. The van der Waals surface area contributed by atoms with Gasteiger partial charge in [0.1, 0.15) is 0 Å². The minimum atomic E-state index is 0.0690. The van der Waals surface area contributed by atoms with E-state index in [2.05, 4.69) is 50.4 Å². The molecule has 2 heterocycles. The van der Waals surface area contributed by atoms with Crippen LogP contribution in [-0.4, -0.2) is 86.5 Å². The molecular weight excluding hydrogens is 350 g/mol. The third-order valence-corrected chi connectivity index (χ3v) is 5.97. The smallest absolute Gasteiger partial charge is 0.239 e. The van der Waals surface area contributed by atoms with Crippen molar-refractivity contribution in [3.63, 3.8) is 0 Å². The third-order valence-electron chi connectivity index (χ3n) is 5.97. The number of carbonyl (C=O) groups excluding carboxylic acids is 1. The van der Waals surface area contributed by atoms with Crippen LogP contribution in [0.25, 0.3) is 0 Å². The second-order valence-electron chi connectivity index (χ2n) is 8.10. The number of guanidine groups is 1. The molecule has 1 amide bonds. The Kier molecular flexibility index (Phi) is 7.31. The molecule has 2 atom stereocenters. The quantitative estimate of drug-likeness (QED) is 0.462. The molecule has 2 aliphatic rings. The summed E-state index contributed by atoms with van der Waals surface area (Å²) in [6.07, 6.45) is 4.30. The van der Waals surface area contributed by atoms with Crippen molar-refractivity contribution in [2.24, 2.45) is 4.99 Å². The number of nitrogens with zero attached hydrogens (tertiary/aromatic N) is 4. The van der Waals surface area contributed by atoms with Crippen LogP contribution >= 0.6 is 0 Å². The average molecular weight is 386 g/mol. The normalized spacial score (nSPS) is 23.2. The zero-order chi connectivity index (χ0) is 19.9. The van der Waals surface area contributed by atoms with E-state index in [1.165, 1.54) is 12.0 Å². The molecule has 0 saturated carbocycles. The monoisotopic (exact) mass is 385 g/mol. The fraction of sp³-hybridized carbons (Fsp3) is 0.636. The van der Waals surface area contributed by atoms with Crippen molar-refractivity contribution in [2.45, 2.75) is 37.6 Å². The Bertz CT molecular complexity index is 660. The Morgan fingerprint density at radius 3 is 2.71 bits per heavy atom. The van der Waals surface area contributed by atoms with E-state index < -0.39 is 0 Å². The van der Waals surface area contributed by atoms with E-state index in [0.29, 0.717) is 5.92 Å². The highest BCUT2D eigenvalue weighted by molar-refractivity contribution is 5.81. The standard InChI is InChI=1S/C22H35N5O/c1-23-22(27-16-12-19(17-27)18-9-5-4-6-10-18)24-13-8-15-26-14-7-11-20(26)21(28)25(2)3/h4-6,9-10,19-20H,7-8,11-17H2,1-3H3,(H,23,24). The van der Waals surface area contributed by atoms with Crippen LogP contribution in [-0.2, 0) is 4.79 Å². The molecule has 28 heavy (non-hydrogen) atoms. The molecule has 2 saturated heterocycles. The number of nitrogens with one attached hydrogen (secondary N) is 1. The number of carbonyl (C=O) groups is 1. The van der Waals surface area contributed by atoms with Crippen molar-refractivity contribution in [1.29, 1.82) is 0 Å². The van der Waals surface area contributed by atoms with Crippen LogP contribution in [0.15, 0.2) is 35.3 Å². The van der Waals surface area contributed by atoms with E-state index in [0.717, 1.165) is 57.9 Å². The second-order valence-corrected chi connectivity index (χ2v) is 8.10. The Labute approximate surface area is 169 Å². The van der Waals surface area contributed by atoms with E-state index in [9.17, 15) is 4.79 Å². The zero-order valence-corrected chi connectivity index (χ0v) is 17.6. The Hall–Kier alpha value is -2.08. The van der Waals surface area contributed by atoms with Gasteiger partial charge in [0, 0.05) is 53.2 Å². The van der Waals surface area contributed by atoms with Gasteiger partial charge in [-0.2, -0.15) is 0 Å². The molecule has 3 rings (SSSR count). The maximum atomic E-state index is 12.3. The number of benzene rings is 1. The minimum absolute atomic E-state index is 0.0690. The van der Waals surface area contributed by atoms with Crippen molar-refractivity contribution in [1.82, 2.24) is 20.0 Å². The SMILES string of the molecule is CN=C(NCCCN1CCCC1C(=O)N(C)C)N1CCC(c2ccccc2)C1. The van der Waals surface area contributed by atoms with Crippen LogP contribution in [0.1, 0.15) is 37.2 Å². The van der Waals surface area contributed by atoms with Crippen molar-refractivity contribution in [3.05, 3.63) is 35.9 Å². The molecular formula is C22H35N5O. The number of likely N-dealkylation sites (tertiary alicyclic amines) is 2. The van der Waals surface area contributed by atoms with Crippen LogP contribution in [0, 0.1) is 0 Å². The molecule has 0 aromatic heterocycles. The van der Waals surface area contributed by atoms with Crippen LogP contribution < -0.4 is 5.32 Å². The highest BCUT2D eigenvalue weighted by atomic mass is 16.2. The minimum Gasteiger partial charge on any atom is -0.356 e. The Morgan fingerprint density at radius 2 is 2.00 bits per heavy atom. The molecule has 0 spiro atoms. The zero-order valence-electron chi connectivity index (χ0n) is 17.6. The summed E-state index contributed by atoms with van der Waals surface area (Å²) >= 11 is 0. The van der Waals surface area contributed by atoms with E-state index >= 15 is 0 Å². The summed E-state index contributed by atoms with van der Waals surface area (Å²) in [6, 6.07) is 10.8. The lowest BCUT2D eigenvalue weighted by molar-refractivity contribution is -0.133. The van der Waals surface area contributed by atoms with Gasteiger partial charge in [-0.25, -0.2) is 0 Å². The summed E-state index contributed by atoms with van der Waals surface area (Å²) < 4.78 is 0. The lowest BCUT2D eigenvalue weighted by atomic mass is 9.99. The Morgan fingerprint density at radius 1 is 1.21 bits per heavy atom. The van der Waals surface area contributed by atoms with Gasteiger partial charge >= 0.3 is 0 Å². The van der Waals surface area contributed by atoms with Crippen molar-refractivity contribution in [3.8, 4) is 0 Å². The summed E-state index contributed by atoms with van der Waals surface area (Å²) in [6.45, 7) is 4.95. The molecule has 6 nitrogen and oxygen atoms in total. The summed E-state index contributed by atoms with van der Waals surface area (Å²) in [5, 5.41) is 3.53. The van der Waals surface area contributed by atoms with Gasteiger partial charge in [0.25, 0.3) is 0 Å². The van der Waals surface area contributed by atoms with Gasteiger partial charge in [-0.1, -0.05) is 30.3 Å². The highest BCUT2D eigenvalue weighted by Gasteiger charge is 2.31. The number of rotatable bonds is 6. The second kappa shape index (κ2) is 9.92. The maximum absolute atomic E-state index is 12.3. The predicted octanol–water partition coefficient (Wildman–Crippen LogP) is 1.99. The van der Waals surface area contributed by atoms with Crippen molar-refractivity contribution < 1.29 is 4.79 Å². The lowest BCUT2D eigenvalue weighted by Gasteiger charge is -2.26. The van der Waals surface area contributed by atoms with E-state index in [1.807, 2.05) is 21.1 Å². The largest absolute Gasteiger partial charge is 0.356 e. The van der Waals surface area contributed by atoms with Gasteiger partial charge in [0.15, 0.2) is 5.96 Å². The first-order chi connectivity index (χ1) is 13.6. The molecule has 2 fully saturated rings. The fourth-order valence-corrected chi connectivity index (χ4v) is 4.44. The molecule has 2 aliphatic heterocycles. The molecule has 6 heteroatoms. The van der Waals surface area contributed by atoms with Gasteiger partial charge in [-0.05, 0) is 37.8 Å². The fourth-order valence-electron chi connectivity index (χ4n) is 4.44. The van der Waals surface area contributed by atoms with Crippen LogP contribution in [0.4, 0.5) is 0 Å². The molecule has 154 valence electrons. The molecule has 2 unspecified atom stereocenters. The van der Waals surface area contributed by atoms with Gasteiger partial charge in [-0.3, -0.25) is 14.7 Å². The van der Waals surface area contributed by atoms with Crippen LogP contribution in [0.5, 0.6) is 0 Å². The predicted molar refractivity (Wildman–Crippen MR) is 115 cm³/mol. The molecule has 1 N–H and O–H groups in total. The van der Waals surface area contributed by atoms with Gasteiger partial charge < -0.3 is 15.1 Å². The molecule has 1 aromatic carbocycles. The lowest BCUT2D eigenvalue weighted by Crippen LogP contribution is -2.44. The highest BCUT2D eigenvalue weighted by Crippen LogP contribution is 2.26. The summed E-state index contributed by atoms with van der Waals surface area (Å²) in [5.74, 6) is 1.83. The van der Waals surface area contributed by atoms with Gasteiger partial charge in [0.05, 0.1) is 6.04 Å². The van der Waals surface area contributed by atoms with Crippen LogP contribution in [0.3, 0.4) is 0 Å². The summed E-state index contributed by atoms with van der Waals surface area (Å²) in [5.41, 5.74) is 1.42. The maximum Gasteiger partial charge on any atom is 0.239 e. The molecule has 0 aliphatic carbocycles. The number of hydrogen-bond acceptors (Lipinski definition) is 3. The Balaban J connectivity index is 1.42. The number of hydrogen-bond donors (Lipinski definition) is 1. The van der Waals surface area contributed by atoms with Gasteiger partial charge in [-0.15, -0.1) is 0 Å². The van der Waals surface area contributed by atoms with Crippen LogP contribution in [0.2, 0.25) is 0 Å². The van der Waals surface area contributed by atoms with Crippen molar-refractivity contribution >= 4 is 11.9 Å².